The Labute approximate surface area is 219 Å². The molecule has 188 valence electrons. The molecule has 2 aliphatic heterocycles. The predicted molar refractivity (Wildman–Crippen MR) is 137 cm³/mol. The number of carbonyl (C=O) groups is 4. The summed E-state index contributed by atoms with van der Waals surface area (Å²) in [6.07, 6.45) is 1.50. The van der Waals surface area contributed by atoms with Crippen molar-refractivity contribution in [3.8, 4) is 17.1 Å². The molecule has 2 atom stereocenters. The smallest absolute Gasteiger partial charge is 0.353 e. The molecule has 0 radical (unpaired) electrons. The fourth-order valence-electron chi connectivity index (χ4n) is 4.16. The van der Waals surface area contributed by atoms with Crippen LogP contribution in [0.15, 0.2) is 86.8 Å². The average Bonchev–Trinajstić information content (AvgIpc) is 3.44. The van der Waals surface area contributed by atoms with E-state index in [9.17, 15) is 24.3 Å². The molecule has 2 N–H and O–H groups in total. The number of fused-ring (bicyclic) bond motifs is 1. The second kappa shape index (κ2) is 10.6. The first-order chi connectivity index (χ1) is 18.0. The monoisotopic (exact) mass is 536 g/mol. The number of rotatable bonds is 9. The number of hydrogen-bond donors (Lipinski definition) is 2. The molecule has 0 aliphatic carbocycles. The van der Waals surface area contributed by atoms with Crippen LogP contribution in [0.1, 0.15) is 5.56 Å². The molecule has 9 nitrogen and oxygen atoms in total. The summed E-state index contributed by atoms with van der Waals surface area (Å²) in [5.41, 5.74) is 1.33. The number of nitrogens with zero attached hydrogens (tertiary/aromatic N) is 1. The third-order valence-corrected chi connectivity index (χ3v) is 8.41. The van der Waals surface area contributed by atoms with Crippen molar-refractivity contribution in [3.63, 3.8) is 0 Å². The summed E-state index contributed by atoms with van der Waals surface area (Å²) in [6.45, 7) is 0.283. The lowest BCUT2D eigenvalue weighted by Gasteiger charge is -2.49. The number of ether oxygens (including phenoxy) is 1. The molecular weight excluding hydrogens is 516 g/mol. The van der Waals surface area contributed by atoms with Crippen molar-refractivity contribution < 1.29 is 33.4 Å². The number of thioether (sulfide) groups is 2. The SMILES string of the molecule is O=COc1ccccc1CC(=O)N[C@@H]1C(=O)N2C(C(=O)O)=C(Sc3ccc(-c4ccco4)cc3)CS[C@@H]12. The number of β-lactam (4-membered cyclic amide) rings is 1. The number of hydrogen-bond acceptors (Lipinski definition) is 8. The largest absolute Gasteiger partial charge is 0.477 e. The lowest BCUT2D eigenvalue weighted by atomic mass is 10.0. The lowest BCUT2D eigenvalue weighted by molar-refractivity contribution is -0.150. The molecular formula is C26H20N2O7S2. The third-order valence-electron chi connectivity index (χ3n) is 5.85. The first-order valence-corrected chi connectivity index (χ1v) is 13.0. The molecule has 0 spiro atoms. The van der Waals surface area contributed by atoms with E-state index in [0.29, 0.717) is 16.2 Å². The molecule has 0 saturated carbocycles. The Bertz CT molecular complexity index is 1390. The summed E-state index contributed by atoms with van der Waals surface area (Å²) < 4.78 is 10.3. The van der Waals surface area contributed by atoms with E-state index in [1.807, 2.05) is 30.3 Å². The van der Waals surface area contributed by atoms with Crippen LogP contribution in [0.25, 0.3) is 11.3 Å². The zero-order valence-electron chi connectivity index (χ0n) is 19.2. The van der Waals surface area contributed by atoms with Crippen LogP contribution in [0.2, 0.25) is 0 Å². The summed E-state index contributed by atoms with van der Waals surface area (Å²) in [6, 6.07) is 16.9. The van der Waals surface area contributed by atoms with Gasteiger partial charge >= 0.3 is 5.97 Å². The summed E-state index contributed by atoms with van der Waals surface area (Å²) in [5.74, 6) is -0.737. The van der Waals surface area contributed by atoms with Crippen molar-refractivity contribution in [1.82, 2.24) is 10.2 Å². The summed E-state index contributed by atoms with van der Waals surface area (Å²) in [5, 5.41) is 12.1. The Balaban J connectivity index is 1.28. The van der Waals surface area contributed by atoms with Crippen LogP contribution in [-0.2, 0) is 25.6 Å². The third kappa shape index (κ3) is 5.00. The van der Waals surface area contributed by atoms with Crippen molar-refractivity contribution in [2.24, 2.45) is 0 Å². The van der Waals surface area contributed by atoms with Crippen molar-refractivity contribution in [2.75, 3.05) is 5.75 Å². The standard InChI is InChI=1S/C26H20N2O7S2/c29-14-35-19-5-2-1-4-16(19)12-21(30)27-22-24(31)28-23(26(32)33)20(13-36-25(22)28)37-17-9-7-15(8-10-17)18-6-3-11-34-18/h1-11,14,22,25H,12-13H2,(H,27,30)(H,32,33)/t22-,25+/m1/s1. The molecule has 1 aromatic heterocycles. The van der Waals surface area contributed by atoms with Crippen LogP contribution < -0.4 is 10.1 Å². The van der Waals surface area contributed by atoms with Gasteiger partial charge in [0.1, 0.15) is 28.6 Å². The van der Waals surface area contributed by atoms with Crippen molar-refractivity contribution in [1.29, 1.82) is 0 Å². The van der Waals surface area contributed by atoms with E-state index in [0.717, 1.165) is 16.2 Å². The van der Waals surface area contributed by atoms with Gasteiger partial charge in [0.2, 0.25) is 5.91 Å². The normalized spacial score (nSPS) is 18.6. The fraction of sp³-hybridized carbons (Fsp3) is 0.154. The van der Waals surface area contributed by atoms with E-state index in [1.165, 1.54) is 28.4 Å². The van der Waals surface area contributed by atoms with Gasteiger partial charge in [-0.25, -0.2) is 4.79 Å². The molecule has 37 heavy (non-hydrogen) atoms. The van der Waals surface area contributed by atoms with E-state index in [-0.39, 0.29) is 24.3 Å². The number of carbonyl (C=O) groups excluding carboxylic acids is 3. The topological polar surface area (TPSA) is 126 Å². The maximum atomic E-state index is 13.0. The number of carboxylic acid groups (broad SMARTS) is 1. The van der Waals surface area contributed by atoms with Gasteiger partial charge in [0.25, 0.3) is 12.4 Å². The Hall–Kier alpha value is -3.96. The number of amides is 2. The zero-order valence-corrected chi connectivity index (χ0v) is 20.8. The van der Waals surface area contributed by atoms with Gasteiger partial charge in [-0.2, -0.15) is 0 Å². The Morgan fingerprint density at radius 1 is 1.16 bits per heavy atom. The second-order valence-corrected chi connectivity index (χ2v) is 10.4. The number of benzene rings is 2. The summed E-state index contributed by atoms with van der Waals surface area (Å²) in [4.78, 5) is 51.1. The van der Waals surface area contributed by atoms with Gasteiger partial charge < -0.3 is 19.6 Å². The molecule has 11 heteroatoms. The molecule has 2 amide bonds. The molecule has 3 aromatic rings. The molecule has 0 bridgehead atoms. The molecule has 1 saturated heterocycles. The molecule has 2 aromatic carbocycles. The number of nitrogens with one attached hydrogen (secondary N) is 1. The van der Waals surface area contributed by atoms with Gasteiger partial charge in [-0.1, -0.05) is 42.1 Å². The molecule has 3 heterocycles. The van der Waals surface area contributed by atoms with Gasteiger partial charge in [0, 0.05) is 26.7 Å². The number of para-hydroxylation sites is 1. The van der Waals surface area contributed by atoms with E-state index in [1.54, 1.807) is 36.6 Å². The van der Waals surface area contributed by atoms with Crippen LogP contribution in [-0.4, -0.2) is 51.4 Å². The van der Waals surface area contributed by atoms with Crippen molar-refractivity contribution in [3.05, 3.63) is 83.1 Å². The van der Waals surface area contributed by atoms with Gasteiger partial charge in [-0.15, -0.1) is 11.8 Å². The van der Waals surface area contributed by atoms with E-state index >= 15 is 0 Å². The average molecular weight is 537 g/mol. The lowest BCUT2D eigenvalue weighted by Crippen LogP contribution is -2.70. The van der Waals surface area contributed by atoms with Crippen LogP contribution in [0.3, 0.4) is 0 Å². The first kappa shape index (κ1) is 24.7. The van der Waals surface area contributed by atoms with Crippen LogP contribution in [0.4, 0.5) is 0 Å². The van der Waals surface area contributed by atoms with Crippen LogP contribution in [0, 0.1) is 0 Å². The highest BCUT2D eigenvalue weighted by Gasteiger charge is 2.54. The van der Waals surface area contributed by atoms with Crippen LogP contribution in [0.5, 0.6) is 5.75 Å². The summed E-state index contributed by atoms with van der Waals surface area (Å²) >= 11 is 2.69. The maximum Gasteiger partial charge on any atom is 0.353 e. The van der Waals surface area contributed by atoms with Gasteiger partial charge in [0.05, 0.1) is 12.7 Å². The number of carboxylic acids is 1. The predicted octanol–water partition coefficient (Wildman–Crippen LogP) is 3.51. The maximum absolute atomic E-state index is 13.0. The Morgan fingerprint density at radius 2 is 1.95 bits per heavy atom. The van der Waals surface area contributed by atoms with Gasteiger partial charge in [-0.3, -0.25) is 19.3 Å². The highest BCUT2D eigenvalue weighted by molar-refractivity contribution is 8.06. The minimum Gasteiger partial charge on any atom is -0.477 e. The summed E-state index contributed by atoms with van der Waals surface area (Å²) in [7, 11) is 0. The Morgan fingerprint density at radius 3 is 2.65 bits per heavy atom. The van der Waals surface area contributed by atoms with Crippen molar-refractivity contribution in [2.45, 2.75) is 22.7 Å². The molecule has 2 aliphatic rings. The molecule has 5 rings (SSSR count). The van der Waals surface area contributed by atoms with Crippen LogP contribution >= 0.6 is 23.5 Å². The molecule has 1 fully saturated rings. The minimum atomic E-state index is -1.20. The second-order valence-electron chi connectivity index (χ2n) is 8.13. The van der Waals surface area contributed by atoms with Crippen molar-refractivity contribution >= 4 is 47.8 Å². The van der Waals surface area contributed by atoms with E-state index < -0.39 is 29.2 Å². The van der Waals surface area contributed by atoms with E-state index in [4.69, 9.17) is 9.15 Å². The minimum absolute atomic E-state index is 0.0657. The highest BCUT2D eigenvalue weighted by Crippen LogP contribution is 2.45. The highest BCUT2D eigenvalue weighted by atomic mass is 32.2. The van der Waals surface area contributed by atoms with Gasteiger partial charge in [-0.05, 0) is 30.3 Å². The van der Waals surface area contributed by atoms with Gasteiger partial charge in [0.15, 0.2) is 0 Å². The zero-order chi connectivity index (χ0) is 25.9. The quantitative estimate of drug-likeness (QED) is 0.312. The first-order valence-electron chi connectivity index (χ1n) is 11.2. The number of furan rings is 1. The fourth-order valence-corrected chi connectivity index (χ4v) is 6.63. The molecule has 0 unspecified atom stereocenters. The Kier molecular flexibility index (Phi) is 7.06. The van der Waals surface area contributed by atoms with E-state index in [2.05, 4.69) is 5.32 Å². The number of aliphatic carboxylic acids is 1.